The highest BCUT2D eigenvalue weighted by Crippen LogP contribution is 2.33. The molecule has 0 saturated carbocycles. The van der Waals surface area contributed by atoms with Gasteiger partial charge in [-0.15, -0.1) is 0 Å². The Morgan fingerprint density at radius 2 is 1.84 bits per heavy atom. The van der Waals surface area contributed by atoms with Crippen molar-refractivity contribution in [1.82, 2.24) is 5.32 Å². The van der Waals surface area contributed by atoms with Crippen molar-refractivity contribution in [2.75, 3.05) is 13.7 Å². The van der Waals surface area contributed by atoms with Gasteiger partial charge in [0.2, 0.25) is 0 Å². The summed E-state index contributed by atoms with van der Waals surface area (Å²) in [5, 5.41) is 62.3. The zero-order valence-electron chi connectivity index (χ0n) is 17.6. The number of aryl methyl sites for hydroxylation is 1. The molecule has 1 aliphatic rings. The van der Waals surface area contributed by atoms with Gasteiger partial charge in [0.1, 0.15) is 36.6 Å². The molecule has 0 bridgehead atoms. The third-order valence-electron chi connectivity index (χ3n) is 5.71. The normalized spacial score (nSPS) is 26.2. The molecule has 0 aliphatic carbocycles. The van der Waals surface area contributed by atoms with Gasteiger partial charge in [0.05, 0.1) is 18.2 Å². The molecule has 2 aromatic rings. The molecule has 0 spiro atoms. The fraction of sp³-hybridized carbons (Fsp3) is 0.391. The first-order valence-corrected chi connectivity index (χ1v) is 10.1. The molecule has 6 N–H and O–H groups in total. The van der Waals surface area contributed by atoms with Gasteiger partial charge in [-0.25, -0.2) is 0 Å². The van der Waals surface area contributed by atoms with Crippen molar-refractivity contribution in [3.63, 3.8) is 0 Å². The van der Waals surface area contributed by atoms with Gasteiger partial charge in [-0.1, -0.05) is 18.2 Å². The Morgan fingerprint density at radius 3 is 2.44 bits per heavy atom. The summed E-state index contributed by atoms with van der Waals surface area (Å²) in [6.45, 7) is 1.15. The minimum Gasteiger partial charge on any atom is -0.394 e. The van der Waals surface area contributed by atoms with Gasteiger partial charge in [-0.2, -0.15) is 5.26 Å². The van der Waals surface area contributed by atoms with E-state index in [0.29, 0.717) is 33.4 Å². The quantitative estimate of drug-likeness (QED) is 0.370. The van der Waals surface area contributed by atoms with Crippen LogP contribution in [0.5, 0.6) is 0 Å². The van der Waals surface area contributed by atoms with Crippen LogP contribution in [0.2, 0.25) is 0 Å². The van der Waals surface area contributed by atoms with E-state index in [0.717, 1.165) is 0 Å². The average Bonchev–Trinajstić information content (AvgIpc) is 2.81. The summed E-state index contributed by atoms with van der Waals surface area (Å²) in [6, 6.07) is 11.9. The fourth-order valence-corrected chi connectivity index (χ4v) is 3.89. The summed E-state index contributed by atoms with van der Waals surface area (Å²) in [6.07, 6.45) is -8.39. The molecule has 0 radical (unpaired) electrons. The summed E-state index contributed by atoms with van der Waals surface area (Å²) in [5.41, 5.74) is 3.06. The number of carbonyl (C=O) groups is 1. The Labute approximate surface area is 185 Å². The molecule has 2 unspecified atom stereocenters. The smallest absolute Gasteiger partial charge is 0.251 e. The average molecular weight is 442 g/mol. The molecule has 1 heterocycles. The van der Waals surface area contributed by atoms with E-state index >= 15 is 0 Å². The first-order valence-electron chi connectivity index (χ1n) is 10.1. The van der Waals surface area contributed by atoms with Crippen LogP contribution in [-0.4, -0.2) is 75.6 Å². The molecule has 9 heteroatoms. The Morgan fingerprint density at radius 1 is 1.12 bits per heavy atom. The molecule has 1 aliphatic heterocycles. The van der Waals surface area contributed by atoms with E-state index in [1.165, 1.54) is 13.1 Å². The number of nitrogens with zero attached hydrogens (tertiary/aromatic N) is 1. The SMILES string of the molecule is CNC(=O)c1cc(C#N)cc(-c2ccc([C@@H](O)[C@H]3OC(CO)[C@@H](O)[C@H](O)C3O)c(C)c2)c1. The molecule has 9 nitrogen and oxygen atoms in total. The van der Waals surface area contributed by atoms with Gasteiger partial charge >= 0.3 is 0 Å². The lowest BCUT2D eigenvalue weighted by atomic mass is 9.87. The lowest BCUT2D eigenvalue weighted by Crippen LogP contribution is -2.59. The molecule has 0 aromatic heterocycles. The van der Waals surface area contributed by atoms with E-state index < -0.39 is 43.2 Å². The Bertz CT molecular complexity index is 1030. The number of hydrogen-bond donors (Lipinski definition) is 6. The number of carbonyl (C=O) groups excluding carboxylic acids is 1. The van der Waals surface area contributed by atoms with Crippen molar-refractivity contribution >= 4 is 5.91 Å². The van der Waals surface area contributed by atoms with Crippen LogP contribution >= 0.6 is 0 Å². The van der Waals surface area contributed by atoms with Gasteiger partial charge in [-0.3, -0.25) is 4.79 Å². The standard InChI is InChI=1S/C23H26N2O7/c1-11-5-13(14-6-12(9-24)7-15(8-14)23(31)25-2)3-4-16(11)18(27)22-21(30)20(29)19(28)17(10-26)32-22/h3-8,17-22,26-30H,10H2,1-2H3,(H,25,31)/t17?,18-,19-,20+,21?,22-/m1/s1. The van der Waals surface area contributed by atoms with Gasteiger partial charge in [0.25, 0.3) is 5.91 Å². The van der Waals surface area contributed by atoms with Gasteiger partial charge in [-0.05, 0) is 47.4 Å². The summed E-state index contributed by atoms with van der Waals surface area (Å²) in [7, 11) is 1.50. The van der Waals surface area contributed by atoms with Gasteiger partial charge in [0, 0.05) is 12.6 Å². The van der Waals surface area contributed by atoms with Crippen LogP contribution in [0.3, 0.4) is 0 Å². The molecule has 1 saturated heterocycles. The van der Waals surface area contributed by atoms with Crippen molar-refractivity contribution in [2.45, 2.75) is 43.5 Å². The highest BCUT2D eigenvalue weighted by atomic mass is 16.6. The molecule has 170 valence electrons. The Hall–Kier alpha value is -2.84. The van der Waals surface area contributed by atoms with E-state index in [1.807, 2.05) is 6.07 Å². The van der Waals surface area contributed by atoms with Crippen LogP contribution in [-0.2, 0) is 4.74 Å². The number of nitriles is 1. The van der Waals surface area contributed by atoms with Crippen LogP contribution in [0.25, 0.3) is 11.1 Å². The van der Waals surface area contributed by atoms with Crippen LogP contribution in [0, 0.1) is 18.3 Å². The summed E-state index contributed by atoms with van der Waals surface area (Å²) >= 11 is 0. The predicted molar refractivity (Wildman–Crippen MR) is 113 cm³/mol. The molecule has 3 rings (SSSR count). The lowest BCUT2D eigenvalue weighted by Gasteiger charge is -2.42. The molecule has 1 amide bonds. The van der Waals surface area contributed by atoms with E-state index in [1.54, 1.807) is 37.3 Å². The van der Waals surface area contributed by atoms with Crippen molar-refractivity contribution in [1.29, 1.82) is 5.26 Å². The Kier molecular flexibility index (Phi) is 7.26. The number of ether oxygens (including phenoxy) is 1. The largest absolute Gasteiger partial charge is 0.394 e. The second-order valence-corrected chi connectivity index (χ2v) is 7.80. The molecular weight excluding hydrogens is 416 g/mol. The maximum Gasteiger partial charge on any atom is 0.251 e. The van der Waals surface area contributed by atoms with E-state index in [-0.39, 0.29) is 5.91 Å². The van der Waals surface area contributed by atoms with Crippen molar-refractivity contribution in [3.8, 4) is 17.2 Å². The summed E-state index contributed by atoms with van der Waals surface area (Å²) in [5.74, 6) is -0.324. The fourth-order valence-electron chi connectivity index (χ4n) is 3.89. The third kappa shape index (κ3) is 4.52. The van der Waals surface area contributed by atoms with Gasteiger partial charge < -0.3 is 35.6 Å². The highest BCUT2D eigenvalue weighted by molar-refractivity contribution is 5.95. The third-order valence-corrected chi connectivity index (χ3v) is 5.71. The minimum absolute atomic E-state index is 0.323. The Balaban J connectivity index is 1.93. The zero-order valence-corrected chi connectivity index (χ0v) is 17.6. The number of aliphatic hydroxyl groups excluding tert-OH is 5. The second-order valence-electron chi connectivity index (χ2n) is 7.80. The van der Waals surface area contributed by atoms with Crippen molar-refractivity contribution < 1.29 is 35.1 Å². The maximum atomic E-state index is 12.0. The molecule has 32 heavy (non-hydrogen) atoms. The minimum atomic E-state index is -1.59. The number of aliphatic hydroxyl groups is 5. The van der Waals surface area contributed by atoms with Crippen LogP contribution in [0.4, 0.5) is 0 Å². The summed E-state index contributed by atoms with van der Waals surface area (Å²) in [4.78, 5) is 12.0. The number of benzene rings is 2. The topological polar surface area (TPSA) is 163 Å². The van der Waals surface area contributed by atoms with Crippen LogP contribution in [0.15, 0.2) is 36.4 Å². The number of rotatable bonds is 5. The number of nitrogens with one attached hydrogen (secondary N) is 1. The van der Waals surface area contributed by atoms with Crippen molar-refractivity contribution in [3.05, 3.63) is 58.7 Å². The number of hydrogen-bond acceptors (Lipinski definition) is 8. The van der Waals surface area contributed by atoms with Crippen LogP contribution < -0.4 is 5.32 Å². The van der Waals surface area contributed by atoms with Crippen LogP contribution in [0.1, 0.15) is 33.2 Å². The lowest BCUT2D eigenvalue weighted by molar-refractivity contribution is -0.250. The van der Waals surface area contributed by atoms with E-state index in [4.69, 9.17) is 4.74 Å². The summed E-state index contributed by atoms with van der Waals surface area (Å²) < 4.78 is 5.46. The zero-order chi connectivity index (χ0) is 23.6. The molecule has 6 atom stereocenters. The highest BCUT2D eigenvalue weighted by Gasteiger charge is 2.46. The molecule has 2 aromatic carbocycles. The van der Waals surface area contributed by atoms with E-state index in [2.05, 4.69) is 5.32 Å². The van der Waals surface area contributed by atoms with Crippen molar-refractivity contribution in [2.24, 2.45) is 0 Å². The maximum absolute atomic E-state index is 12.0. The molecule has 1 fully saturated rings. The monoisotopic (exact) mass is 442 g/mol. The second kappa shape index (κ2) is 9.75. The van der Waals surface area contributed by atoms with E-state index in [9.17, 15) is 35.6 Å². The molecular formula is C23H26N2O7. The first-order chi connectivity index (χ1) is 15.2. The van der Waals surface area contributed by atoms with Gasteiger partial charge in [0.15, 0.2) is 0 Å². The number of amides is 1. The first kappa shape index (κ1) is 23.8. The predicted octanol–water partition coefficient (Wildman–Crippen LogP) is -0.231.